The van der Waals surface area contributed by atoms with Gasteiger partial charge >= 0.3 is 0 Å². The highest BCUT2D eigenvalue weighted by Crippen LogP contribution is 2.35. The molecule has 1 saturated heterocycles. The molecule has 1 aliphatic carbocycles. The molecular weight excluding hydrogens is 356 g/mol. The van der Waals surface area contributed by atoms with E-state index in [2.05, 4.69) is 5.32 Å². The lowest BCUT2D eigenvalue weighted by molar-refractivity contribution is -0.140. The topological polar surface area (TPSA) is 75.7 Å². The Morgan fingerprint density at radius 1 is 1.23 bits per heavy atom. The zero-order valence-electron chi connectivity index (χ0n) is 14.5. The number of halogens is 1. The summed E-state index contributed by atoms with van der Waals surface area (Å²) >= 11 is 6.03. The lowest BCUT2D eigenvalue weighted by Crippen LogP contribution is -2.32. The first-order valence-electron chi connectivity index (χ1n) is 8.65. The number of fused-ring (bicyclic) bond motifs is 1. The fourth-order valence-electron chi connectivity index (χ4n) is 3.45. The molecule has 3 rings (SSSR count). The van der Waals surface area contributed by atoms with Gasteiger partial charge in [0.2, 0.25) is 17.7 Å². The van der Waals surface area contributed by atoms with Crippen molar-refractivity contribution in [2.24, 2.45) is 11.8 Å². The summed E-state index contributed by atoms with van der Waals surface area (Å²) in [5.41, 5.74) is 0.575. The lowest BCUT2D eigenvalue weighted by atomic mass is 9.85. The molecule has 0 saturated carbocycles. The van der Waals surface area contributed by atoms with Crippen LogP contribution in [-0.4, -0.2) is 36.3 Å². The second-order valence-electron chi connectivity index (χ2n) is 6.48. The Labute approximate surface area is 157 Å². The van der Waals surface area contributed by atoms with Crippen LogP contribution in [-0.2, 0) is 14.4 Å². The molecule has 1 heterocycles. The molecule has 138 valence electrons. The zero-order valence-corrected chi connectivity index (χ0v) is 15.3. The van der Waals surface area contributed by atoms with Gasteiger partial charge in [0, 0.05) is 18.7 Å². The second-order valence-corrected chi connectivity index (χ2v) is 6.89. The molecule has 0 radical (unpaired) electrons. The SMILES string of the molecule is COc1ccc(NC(=O)CCCN2C(=O)[C@H]3CC=CC[C@@H]3C2=O)cc1Cl. The van der Waals surface area contributed by atoms with Crippen LogP contribution in [0.5, 0.6) is 5.75 Å². The smallest absolute Gasteiger partial charge is 0.233 e. The second kappa shape index (κ2) is 7.91. The van der Waals surface area contributed by atoms with Crippen molar-refractivity contribution in [3.8, 4) is 5.75 Å². The van der Waals surface area contributed by atoms with Crippen molar-refractivity contribution in [3.63, 3.8) is 0 Å². The van der Waals surface area contributed by atoms with Gasteiger partial charge in [0.25, 0.3) is 0 Å². The number of hydrogen-bond donors (Lipinski definition) is 1. The molecule has 0 bridgehead atoms. The predicted molar refractivity (Wildman–Crippen MR) is 97.9 cm³/mol. The van der Waals surface area contributed by atoms with Crippen molar-refractivity contribution in [3.05, 3.63) is 35.4 Å². The minimum Gasteiger partial charge on any atom is -0.495 e. The molecule has 3 amide bonds. The summed E-state index contributed by atoms with van der Waals surface area (Å²) in [5, 5.41) is 3.17. The minimum absolute atomic E-state index is 0.105. The van der Waals surface area contributed by atoms with E-state index in [1.807, 2.05) is 12.2 Å². The first-order chi connectivity index (χ1) is 12.5. The van der Waals surface area contributed by atoms with Crippen molar-refractivity contribution >= 4 is 35.0 Å². The van der Waals surface area contributed by atoms with E-state index in [0.717, 1.165) is 0 Å². The molecule has 2 aliphatic rings. The molecule has 1 fully saturated rings. The Bertz CT molecular complexity index is 736. The van der Waals surface area contributed by atoms with E-state index in [1.54, 1.807) is 18.2 Å². The van der Waals surface area contributed by atoms with E-state index in [1.165, 1.54) is 12.0 Å². The van der Waals surface area contributed by atoms with Gasteiger partial charge in [-0.05, 0) is 37.5 Å². The number of ether oxygens (including phenoxy) is 1. The van der Waals surface area contributed by atoms with Crippen LogP contribution in [0.3, 0.4) is 0 Å². The summed E-state index contributed by atoms with van der Waals surface area (Å²) < 4.78 is 5.07. The van der Waals surface area contributed by atoms with Gasteiger partial charge in [0.1, 0.15) is 5.75 Å². The van der Waals surface area contributed by atoms with E-state index in [9.17, 15) is 14.4 Å². The minimum atomic E-state index is -0.220. The summed E-state index contributed by atoms with van der Waals surface area (Å²) in [4.78, 5) is 38.1. The summed E-state index contributed by atoms with van der Waals surface area (Å²) in [6.07, 6.45) is 5.83. The number of methoxy groups -OCH3 is 1. The number of nitrogens with one attached hydrogen (secondary N) is 1. The molecule has 1 N–H and O–H groups in total. The first-order valence-corrected chi connectivity index (χ1v) is 9.02. The number of carbonyl (C=O) groups excluding carboxylic acids is 3. The fourth-order valence-corrected chi connectivity index (χ4v) is 3.71. The van der Waals surface area contributed by atoms with E-state index < -0.39 is 0 Å². The lowest BCUT2D eigenvalue weighted by Gasteiger charge is -2.14. The third kappa shape index (κ3) is 3.75. The Morgan fingerprint density at radius 2 is 1.88 bits per heavy atom. The summed E-state index contributed by atoms with van der Waals surface area (Å²) in [6.45, 7) is 0.279. The van der Waals surface area contributed by atoms with E-state index in [0.29, 0.717) is 35.7 Å². The number of anilines is 1. The number of hydrogen-bond acceptors (Lipinski definition) is 4. The number of rotatable bonds is 6. The Morgan fingerprint density at radius 3 is 2.46 bits per heavy atom. The van der Waals surface area contributed by atoms with Gasteiger partial charge in [0.15, 0.2) is 0 Å². The maximum atomic E-state index is 12.4. The molecule has 7 heteroatoms. The van der Waals surface area contributed by atoms with Crippen LogP contribution in [0.1, 0.15) is 25.7 Å². The fraction of sp³-hybridized carbons (Fsp3) is 0.421. The van der Waals surface area contributed by atoms with Crippen molar-refractivity contribution < 1.29 is 19.1 Å². The Balaban J connectivity index is 1.49. The molecule has 0 unspecified atom stereocenters. The quantitative estimate of drug-likeness (QED) is 0.611. The van der Waals surface area contributed by atoms with E-state index in [4.69, 9.17) is 16.3 Å². The van der Waals surface area contributed by atoms with Gasteiger partial charge in [-0.25, -0.2) is 0 Å². The number of nitrogens with zero attached hydrogens (tertiary/aromatic N) is 1. The molecule has 1 aliphatic heterocycles. The highest BCUT2D eigenvalue weighted by Gasteiger charge is 2.46. The van der Waals surface area contributed by atoms with Gasteiger partial charge in [-0.3, -0.25) is 19.3 Å². The van der Waals surface area contributed by atoms with Crippen molar-refractivity contribution in [2.45, 2.75) is 25.7 Å². The van der Waals surface area contributed by atoms with Crippen molar-refractivity contribution in [1.29, 1.82) is 0 Å². The Kier molecular flexibility index (Phi) is 5.61. The van der Waals surface area contributed by atoms with Crippen LogP contribution in [0.15, 0.2) is 30.4 Å². The van der Waals surface area contributed by atoms with Crippen LogP contribution < -0.4 is 10.1 Å². The van der Waals surface area contributed by atoms with Gasteiger partial charge < -0.3 is 10.1 Å². The standard InChI is InChI=1S/C19H21ClN2O4/c1-26-16-9-8-12(11-15(16)20)21-17(23)7-4-10-22-18(24)13-5-2-3-6-14(13)19(22)25/h2-3,8-9,11,13-14H,4-7,10H2,1H3,(H,21,23)/t13-,14-/m0/s1. The van der Waals surface area contributed by atoms with Crippen LogP contribution in [0.25, 0.3) is 0 Å². The largest absolute Gasteiger partial charge is 0.495 e. The Hall–Kier alpha value is -2.34. The number of amides is 3. The number of allylic oxidation sites excluding steroid dienone is 2. The van der Waals surface area contributed by atoms with Crippen LogP contribution in [0, 0.1) is 11.8 Å². The summed E-state index contributed by atoms with van der Waals surface area (Å²) in [7, 11) is 1.52. The average molecular weight is 377 g/mol. The van der Waals surface area contributed by atoms with Gasteiger partial charge in [-0.15, -0.1) is 0 Å². The van der Waals surface area contributed by atoms with Crippen LogP contribution in [0.4, 0.5) is 5.69 Å². The third-order valence-electron chi connectivity index (χ3n) is 4.82. The molecule has 6 nitrogen and oxygen atoms in total. The zero-order chi connectivity index (χ0) is 18.7. The van der Waals surface area contributed by atoms with Crippen molar-refractivity contribution in [2.75, 3.05) is 19.0 Å². The predicted octanol–water partition coefficient (Wildman–Crippen LogP) is 3.02. The number of likely N-dealkylation sites (tertiary alicyclic amines) is 1. The van der Waals surface area contributed by atoms with Crippen LogP contribution >= 0.6 is 11.6 Å². The van der Waals surface area contributed by atoms with Gasteiger partial charge in [-0.2, -0.15) is 0 Å². The third-order valence-corrected chi connectivity index (χ3v) is 5.12. The number of imide groups is 1. The molecular formula is C19H21ClN2O4. The maximum Gasteiger partial charge on any atom is 0.233 e. The number of carbonyl (C=O) groups is 3. The highest BCUT2D eigenvalue weighted by molar-refractivity contribution is 6.32. The molecule has 1 aromatic rings. The normalized spacial score (nSPS) is 21.7. The first kappa shape index (κ1) is 18.5. The van der Waals surface area contributed by atoms with E-state index in [-0.39, 0.29) is 42.5 Å². The summed E-state index contributed by atoms with van der Waals surface area (Å²) in [5.74, 6) is -0.306. The number of benzene rings is 1. The molecule has 2 atom stereocenters. The highest BCUT2D eigenvalue weighted by atomic mass is 35.5. The molecule has 0 spiro atoms. The summed E-state index contributed by atoms with van der Waals surface area (Å²) in [6, 6.07) is 4.99. The maximum absolute atomic E-state index is 12.4. The monoisotopic (exact) mass is 376 g/mol. The van der Waals surface area contributed by atoms with E-state index >= 15 is 0 Å². The van der Waals surface area contributed by atoms with Crippen LogP contribution in [0.2, 0.25) is 5.02 Å². The average Bonchev–Trinajstić information content (AvgIpc) is 2.87. The van der Waals surface area contributed by atoms with Crippen molar-refractivity contribution in [1.82, 2.24) is 4.90 Å². The molecule has 1 aromatic carbocycles. The molecule has 0 aromatic heterocycles. The molecule has 26 heavy (non-hydrogen) atoms. The van der Waals surface area contributed by atoms with Gasteiger partial charge in [0.05, 0.1) is 24.0 Å². The van der Waals surface area contributed by atoms with Gasteiger partial charge in [-0.1, -0.05) is 23.8 Å².